The number of carbonyl (C=O) groups excluding carboxylic acids is 1. The van der Waals surface area contributed by atoms with E-state index in [1.54, 1.807) is 6.07 Å². The molecule has 1 aromatic heterocycles. The maximum atomic E-state index is 12.3. The van der Waals surface area contributed by atoms with Crippen LogP contribution >= 0.6 is 0 Å². The highest BCUT2D eigenvalue weighted by Gasteiger charge is 2.25. The van der Waals surface area contributed by atoms with Gasteiger partial charge in [-0.25, -0.2) is 0 Å². The number of nitrogens with zero attached hydrogens (tertiary/aromatic N) is 3. The molecule has 6 heteroatoms. The highest BCUT2D eigenvalue weighted by molar-refractivity contribution is 5.92. The second kappa shape index (κ2) is 7.42. The summed E-state index contributed by atoms with van der Waals surface area (Å²) < 4.78 is 5.34. The molecule has 122 valence electrons. The first-order chi connectivity index (χ1) is 11.3. The summed E-state index contributed by atoms with van der Waals surface area (Å²) in [4.78, 5) is 14.5. The summed E-state index contributed by atoms with van der Waals surface area (Å²) in [5.74, 6) is 3.51. The fraction of sp³-hybridized carbons (Fsp3) is 0.588. The molecule has 0 aliphatic carbocycles. The Kier molecular flexibility index (Phi) is 5.09. The highest BCUT2D eigenvalue weighted by atomic mass is 16.5. The van der Waals surface area contributed by atoms with E-state index in [2.05, 4.69) is 26.3 Å². The lowest BCUT2D eigenvalue weighted by Crippen LogP contribution is -2.41. The highest BCUT2D eigenvalue weighted by Crippen LogP contribution is 2.19. The number of aromatic nitrogens is 2. The van der Waals surface area contributed by atoms with Crippen molar-refractivity contribution < 1.29 is 9.53 Å². The van der Waals surface area contributed by atoms with E-state index >= 15 is 0 Å². The lowest BCUT2D eigenvalue weighted by molar-refractivity contribution is 0.0578. The zero-order valence-electron chi connectivity index (χ0n) is 13.2. The van der Waals surface area contributed by atoms with Gasteiger partial charge in [-0.05, 0) is 43.7 Å². The van der Waals surface area contributed by atoms with Crippen LogP contribution in [-0.4, -0.2) is 48.4 Å². The molecule has 0 aromatic carbocycles. The summed E-state index contributed by atoms with van der Waals surface area (Å²) >= 11 is 0. The number of anilines is 1. The normalized spacial score (nSPS) is 20.0. The van der Waals surface area contributed by atoms with Gasteiger partial charge in [-0.1, -0.05) is 5.92 Å². The van der Waals surface area contributed by atoms with Crippen molar-refractivity contribution in [3.05, 3.63) is 17.8 Å². The zero-order chi connectivity index (χ0) is 16.1. The summed E-state index contributed by atoms with van der Waals surface area (Å²) in [6.07, 6.45) is 9.69. The first-order valence-corrected chi connectivity index (χ1v) is 8.21. The summed E-state index contributed by atoms with van der Waals surface area (Å²) in [5, 5.41) is 11.1. The Morgan fingerprint density at radius 1 is 1.30 bits per heavy atom. The fourth-order valence-corrected chi connectivity index (χ4v) is 3.12. The molecule has 23 heavy (non-hydrogen) atoms. The molecule has 0 spiro atoms. The van der Waals surface area contributed by atoms with E-state index in [4.69, 9.17) is 11.2 Å². The first kappa shape index (κ1) is 15.8. The van der Waals surface area contributed by atoms with E-state index in [0.29, 0.717) is 18.9 Å². The molecule has 1 amide bonds. The largest absolute Gasteiger partial charge is 0.381 e. The Bertz CT molecular complexity index is 569. The van der Waals surface area contributed by atoms with E-state index in [1.165, 1.54) is 12.8 Å². The van der Waals surface area contributed by atoms with Gasteiger partial charge in [0.25, 0.3) is 5.91 Å². The van der Waals surface area contributed by atoms with Gasteiger partial charge in [-0.15, -0.1) is 16.6 Å². The van der Waals surface area contributed by atoms with Crippen LogP contribution in [0, 0.1) is 18.3 Å². The molecule has 1 atom stereocenters. The number of carbonyl (C=O) groups is 1. The van der Waals surface area contributed by atoms with Crippen LogP contribution in [0.15, 0.2) is 12.1 Å². The molecule has 0 saturated carbocycles. The van der Waals surface area contributed by atoms with Crippen LogP contribution in [0.25, 0.3) is 0 Å². The summed E-state index contributed by atoms with van der Waals surface area (Å²) in [7, 11) is 0. The fourth-order valence-electron chi connectivity index (χ4n) is 3.12. The Labute approximate surface area is 136 Å². The average Bonchev–Trinajstić information content (AvgIpc) is 3.15. The second-order valence-corrected chi connectivity index (χ2v) is 6.04. The van der Waals surface area contributed by atoms with Gasteiger partial charge in [0.05, 0.1) is 6.04 Å². The Morgan fingerprint density at radius 2 is 2.04 bits per heavy atom. The molecule has 1 N–H and O–H groups in total. The number of hydrogen-bond acceptors (Lipinski definition) is 5. The maximum Gasteiger partial charge on any atom is 0.272 e. The second-order valence-electron chi connectivity index (χ2n) is 6.04. The lowest BCUT2D eigenvalue weighted by Gasteiger charge is -2.27. The predicted molar refractivity (Wildman–Crippen MR) is 87.1 cm³/mol. The molecule has 2 fully saturated rings. The monoisotopic (exact) mass is 314 g/mol. The molecular weight excluding hydrogens is 292 g/mol. The van der Waals surface area contributed by atoms with Gasteiger partial charge in [0.15, 0.2) is 11.5 Å². The predicted octanol–water partition coefficient (Wildman–Crippen LogP) is 1.23. The summed E-state index contributed by atoms with van der Waals surface area (Å²) in [5.41, 5.74) is 0.306. The molecule has 0 unspecified atom stereocenters. The van der Waals surface area contributed by atoms with Crippen LogP contribution in [0.3, 0.4) is 0 Å². The van der Waals surface area contributed by atoms with Gasteiger partial charge in [0.1, 0.15) is 0 Å². The van der Waals surface area contributed by atoms with Gasteiger partial charge in [-0.3, -0.25) is 4.79 Å². The van der Waals surface area contributed by atoms with E-state index in [9.17, 15) is 4.79 Å². The van der Waals surface area contributed by atoms with Crippen LogP contribution in [0.2, 0.25) is 0 Å². The SMILES string of the molecule is C#C[C@H](NC(=O)c1ccc(N2CCCC2)nn1)C1CCOCC1. The molecule has 6 nitrogen and oxygen atoms in total. The smallest absolute Gasteiger partial charge is 0.272 e. The average molecular weight is 314 g/mol. The summed E-state index contributed by atoms with van der Waals surface area (Å²) in [6.45, 7) is 3.40. The molecule has 2 aliphatic heterocycles. The van der Waals surface area contributed by atoms with Gasteiger partial charge in [0, 0.05) is 26.3 Å². The van der Waals surface area contributed by atoms with Crippen molar-refractivity contribution in [3.8, 4) is 12.3 Å². The van der Waals surface area contributed by atoms with Crippen molar-refractivity contribution in [2.24, 2.45) is 5.92 Å². The topological polar surface area (TPSA) is 67.4 Å². The number of rotatable bonds is 4. The molecule has 1 aromatic rings. The van der Waals surface area contributed by atoms with Crippen molar-refractivity contribution in [1.82, 2.24) is 15.5 Å². The molecule has 2 aliphatic rings. The number of terminal acetylenes is 1. The molecular formula is C17H22N4O2. The minimum Gasteiger partial charge on any atom is -0.381 e. The third kappa shape index (κ3) is 3.80. The van der Waals surface area contributed by atoms with Crippen molar-refractivity contribution in [2.45, 2.75) is 31.7 Å². The van der Waals surface area contributed by atoms with Crippen LogP contribution in [-0.2, 0) is 4.74 Å². The third-order valence-electron chi connectivity index (χ3n) is 4.52. The van der Waals surface area contributed by atoms with Crippen LogP contribution in [0.5, 0.6) is 0 Å². The molecule has 0 radical (unpaired) electrons. The Morgan fingerprint density at radius 3 is 2.65 bits per heavy atom. The van der Waals surface area contributed by atoms with Crippen LogP contribution in [0.4, 0.5) is 5.82 Å². The van der Waals surface area contributed by atoms with Gasteiger partial charge in [-0.2, -0.15) is 0 Å². The number of nitrogens with one attached hydrogen (secondary N) is 1. The van der Waals surface area contributed by atoms with E-state index in [1.807, 2.05) is 6.07 Å². The Balaban J connectivity index is 1.61. The Hall–Kier alpha value is -2.13. The number of hydrogen-bond donors (Lipinski definition) is 1. The quantitative estimate of drug-likeness (QED) is 0.847. The lowest BCUT2D eigenvalue weighted by atomic mass is 9.92. The van der Waals surface area contributed by atoms with Crippen molar-refractivity contribution >= 4 is 11.7 Å². The van der Waals surface area contributed by atoms with Crippen molar-refractivity contribution in [1.29, 1.82) is 0 Å². The first-order valence-electron chi connectivity index (χ1n) is 8.21. The molecule has 0 bridgehead atoms. The molecule has 3 heterocycles. The standard InChI is InChI=1S/C17H22N4O2/c1-2-14(13-7-11-23-12-8-13)18-17(22)15-5-6-16(20-19-15)21-9-3-4-10-21/h1,5-6,13-14H,3-4,7-12H2,(H,18,22)/t14-/m0/s1. The van der Waals surface area contributed by atoms with Crippen molar-refractivity contribution in [2.75, 3.05) is 31.2 Å². The minimum atomic E-state index is -0.286. The minimum absolute atomic E-state index is 0.259. The number of ether oxygens (including phenoxy) is 1. The summed E-state index contributed by atoms with van der Waals surface area (Å²) in [6, 6.07) is 3.28. The molecule has 3 rings (SSSR count). The van der Waals surface area contributed by atoms with Gasteiger partial charge in [0.2, 0.25) is 0 Å². The van der Waals surface area contributed by atoms with Crippen LogP contribution in [0.1, 0.15) is 36.2 Å². The number of amides is 1. The van der Waals surface area contributed by atoms with E-state index in [0.717, 1.165) is 31.7 Å². The van der Waals surface area contributed by atoms with Gasteiger partial charge < -0.3 is 15.0 Å². The third-order valence-corrected chi connectivity index (χ3v) is 4.52. The zero-order valence-corrected chi connectivity index (χ0v) is 13.2. The van der Waals surface area contributed by atoms with Crippen LogP contribution < -0.4 is 10.2 Å². The van der Waals surface area contributed by atoms with E-state index < -0.39 is 0 Å². The molecule has 2 saturated heterocycles. The van der Waals surface area contributed by atoms with E-state index in [-0.39, 0.29) is 17.9 Å². The van der Waals surface area contributed by atoms with Crippen molar-refractivity contribution in [3.63, 3.8) is 0 Å². The van der Waals surface area contributed by atoms with Gasteiger partial charge >= 0.3 is 0 Å². The maximum absolute atomic E-state index is 12.3.